The molecule has 0 saturated heterocycles. The van der Waals surface area contributed by atoms with Crippen LogP contribution in [0.3, 0.4) is 0 Å². The van der Waals surface area contributed by atoms with Gasteiger partial charge in [-0.2, -0.15) is 0 Å². The number of fused-ring (bicyclic) bond motifs is 1. The van der Waals surface area contributed by atoms with Gasteiger partial charge in [0.15, 0.2) is 5.78 Å². The fourth-order valence-corrected chi connectivity index (χ4v) is 2.52. The van der Waals surface area contributed by atoms with Gasteiger partial charge in [-0.05, 0) is 25.5 Å². The Labute approximate surface area is 126 Å². The first-order valence-electron chi connectivity index (χ1n) is 7.04. The molecule has 0 spiro atoms. The van der Waals surface area contributed by atoms with Gasteiger partial charge in [0.05, 0.1) is 0 Å². The molecule has 2 heterocycles. The van der Waals surface area contributed by atoms with Crippen molar-refractivity contribution in [3.63, 3.8) is 0 Å². The van der Waals surface area contributed by atoms with Gasteiger partial charge in [0, 0.05) is 23.1 Å². The van der Waals surface area contributed by atoms with E-state index in [0.29, 0.717) is 0 Å². The second-order valence-electron chi connectivity index (χ2n) is 5.13. The molecule has 1 aliphatic carbocycles. The summed E-state index contributed by atoms with van der Waals surface area (Å²) in [6.45, 7) is 1.25. The standard InChI is InChI=1S/C17H15NO4/c1-11(19)10-21-15-14(12-6-3-2-4-7-12)13-8-5-9-18-16(13)22-17(15)20/h2-6,8-9,12H,7,10H2,1H3. The van der Waals surface area contributed by atoms with Crippen molar-refractivity contribution < 1.29 is 13.9 Å². The summed E-state index contributed by atoms with van der Waals surface area (Å²) in [4.78, 5) is 27.5. The van der Waals surface area contributed by atoms with Crippen molar-refractivity contribution in [3.8, 4) is 5.75 Å². The van der Waals surface area contributed by atoms with Crippen LogP contribution in [0, 0.1) is 0 Å². The molecule has 2 aromatic rings. The van der Waals surface area contributed by atoms with Crippen LogP contribution in [0.2, 0.25) is 0 Å². The van der Waals surface area contributed by atoms with Crippen LogP contribution in [0.15, 0.2) is 51.8 Å². The molecule has 2 aromatic heterocycles. The van der Waals surface area contributed by atoms with Crippen molar-refractivity contribution in [1.29, 1.82) is 0 Å². The number of carbonyl (C=O) groups is 1. The molecule has 0 fully saturated rings. The molecule has 0 aromatic carbocycles. The molecule has 0 saturated carbocycles. The maximum Gasteiger partial charge on any atom is 0.380 e. The largest absolute Gasteiger partial charge is 0.478 e. The van der Waals surface area contributed by atoms with Gasteiger partial charge in [-0.1, -0.05) is 24.3 Å². The zero-order valence-corrected chi connectivity index (χ0v) is 12.1. The molecule has 1 aliphatic rings. The zero-order chi connectivity index (χ0) is 15.5. The van der Waals surface area contributed by atoms with Gasteiger partial charge < -0.3 is 9.15 Å². The van der Waals surface area contributed by atoms with Gasteiger partial charge in [-0.25, -0.2) is 9.78 Å². The normalized spacial score (nSPS) is 16.9. The first-order chi connectivity index (χ1) is 10.7. The third-order valence-corrected chi connectivity index (χ3v) is 3.45. The van der Waals surface area contributed by atoms with Crippen LogP contribution in [0.1, 0.15) is 24.8 Å². The van der Waals surface area contributed by atoms with E-state index in [4.69, 9.17) is 9.15 Å². The lowest BCUT2D eigenvalue weighted by Crippen LogP contribution is -2.17. The Kier molecular flexibility index (Phi) is 3.87. The Bertz CT molecular complexity index is 832. The fraction of sp³-hybridized carbons (Fsp3) is 0.235. The Morgan fingerprint density at radius 2 is 2.32 bits per heavy atom. The summed E-state index contributed by atoms with van der Waals surface area (Å²) in [5, 5.41) is 0.727. The minimum absolute atomic E-state index is 0.0113. The van der Waals surface area contributed by atoms with E-state index in [2.05, 4.69) is 4.98 Å². The lowest BCUT2D eigenvalue weighted by Gasteiger charge is -2.18. The number of ketones is 1. The molecule has 22 heavy (non-hydrogen) atoms. The van der Waals surface area contributed by atoms with Crippen molar-refractivity contribution in [1.82, 2.24) is 4.98 Å². The molecule has 0 bridgehead atoms. The molecule has 5 nitrogen and oxygen atoms in total. The van der Waals surface area contributed by atoms with Crippen LogP contribution in [-0.2, 0) is 4.79 Å². The summed E-state index contributed by atoms with van der Waals surface area (Å²) < 4.78 is 10.7. The quantitative estimate of drug-likeness (QED) is 0.868. The Morgan fingerprint density at radius 1 is 1.45 bits per heavy atom. The predicted molar refractivity (Wildman–Crippen MR) is 82.1 cm³/mol. The van der Waals surface area contributed by atoms with E-state index in [-0.39, 0.29) is 29.8 Å². The predicted octanol–water partition coefficient (Wildman–Crippen LogP) is 2.76. The van der Waals surface area contributed by atoms with E-state index < -0.39 is 5.63 Å². The highest BCUT2D eigenvalue weighted by molar-refractivity contribution is 5.81. The van der Waals surface area contributed by atoms with Crippen LogP contribution in [0.4, 0.5) is 0 Å². The Morgan fingerprint density at radius 3 is 3.05 bits per heavy atom. The summed E-state index contributed by atoms with van der Waals surface area (Å²) in [6.07, 6.45) is 10.2. The number of nitrogens with zero attached hydrogens (tertiary/aromatic N) is 1. The maximum atomic E-state index is 12.2. The molecule has 0 N–H and O–H groups in total. The monoisotopic (exact) mass is 297 g/mol. The molecule has 1 atom stereocenters. The van der Waals surface area contributed by atoms with E-state index in [1.807, 2.05) is 30.4 Å². The average Bonchev–Trinajstić information content (AvgIpc) is 2.53. The Hall–Kier alpha value is -2.69. The van der Waals surface area contributed by atoms with Crippen molar-refractivity contribution in [2.75, 3.05) is 6.61 Å². The number of aromatic nitrogens is 1. The van der Waals surface area contributed by atoms with Crippen molar-refractivity contribution in [3.05, 3.63) is 58.6 Å². The van der Waals surface area contributed by atoms with Crippen LogP contribution in [0.5, 0.6) is 5.75 Å². The summed E-state index contributed by atoms with van der Waals surface area (Å²) in [5.74, 6) is -0.0703. The van der Waals surface area contributed by atoms with Gasteiger partial charge in [0.1, 0.15) is 6.61 Å². The highest BCUT2D eigenvalue weighted by Gasteiger charge is 2.23. The van der Waals surface area contributed by atoms with Crippen molar-refractivity contribution >= 4 is 16.9 Å². The molecule has 0 aliphatic heterocycles. The van der Waals surface area contributed by atoms with Gasteiger partial charge in [0.2, 0.25) is 11.5 Å². The topological polar surface area (TPSA) is 69.4 Å². The zero-order valence-electron chi connectivity index (χ0n) is 12.1. The number of carbonyl (C=O) groups excluding carboxylic acids is 1. The molecule has 112 valence electrons. The smallest absolute Gasteiger partial charge is 0.380 e. The minimum Gasteiger partial charge on any atom is -0.478 e. The average molecular weight is 297 g/mol. The summed E-state index contributed by atoms with van der Waals surface area (Å²) in [6, 6.07) is 3.62. The third kappa shape index (κ3) is 2.70. The van der Waals surface area contributed by atoms with Gasteiger partial charge in [-0.3, -0.25) is 4.79 Å². The van der Waals surface area contributed by atoms with E-state index >= 15 is 0 Å². The molecular weight excluding hydrogens is 282 g/mol. The second-order valence-corrected chi connectivity index (χ2v) is 5.13. The Balaban J connectivity index is 2.20. The highest BCUT2D eigenvalue weighted by Crippen LogP contribution is 2.35. The first-order valence-corrected chi connectivity index (χ1v) is 7.04. The van der Waals surface area contributed by atoms with Crippen LogP contribution in [-0.4, -0.2) is 17.4 Å². The summed E-state index contributed by atoms with van der Waals surface area (Å²) >= 11 is 0. The maximum absolute atomic E-state index is 12.2. The van der Waals surface area contributed by atoms with Crippen molar-refractivity contribution in [2.45, 2.75) is 19.3 Å². The number of Topliss-reactive ketones (excluding diaryl/α,β-unsaturated/α-hetero) is 1. The fourth-order valence-electron chi connectivity index (χ4n) is 2.52. The molecule has 5 heteroatoms. The van der Waals surface area contributed by atoms with E-state index in [0.717, 1.165) is 17.4 Å². The molecule has 0 amide bonds. The van der Waals surface area contributed by atoms with Gasteiger partial charge in [-0.15, -0.1) is 0 Å². The van der Waals surface area contributed by atoms with E-state index in [1.54, 1.807) is 12.3 Å². The van der Waals surface area contributed by atoms with E-state index in [9.17, 15) is 9.59 Å². The van der Waals surface area contributed by atoms with E-state index in [1.165, 1.54) is 6.92 Å². The second kappa shape index (κ2) is 5.97. The van der Waals surface area contributed by atoms with Crippen LogP contribution in [0.25, 0.3) is 11.1 Å². The molecule has 1 unspecified atom stereocenters. The van der Waals surface area contributed by atoms with Gasteiger partial charge >= 0.3 is 5.63 Å². The lowest BCUT2D eigenvalue weighted by atomic mass is 9.90. The number of pyridine rings is 1. The van der Waals surface area contributed by atoms with Crippen LogP contribution < -0.4 is 10.4 Å². The molecule has 0 radical (unpaired) electrons. The van der Waals surface area contributed by atoms with Crippen molar-refractivity contribution in [2.24, 2.45) is 0 Å². The number of hydrogen-bond donors (Lipinski definition) is 0. The highest BCUT2D eigenvalue weighted by atomic mass is 16.5. The lowest BCUT2D eigenvalue weighted by molar-refractivity contribution is -0.118. The van der Waals surface area contributed by atoms with Gasteiger partial charge in [0.25, 0.3) is 0 Å². The molecule has 3 rings (SSSR count). The minimum atomic E-state index is -0.606. The number of allylic oxidation sites excluding steroid dienone is 4. The number of ether oxygens (including phenoxy) is 1. The first kappa shape index (κ1) is 14.3. The third-order valence-electron chi connectivity index (χ3n) is 3.45. The summed E-state index contributed by atoms with van der Waals surface area (Å²) in [7, 11) is 0. The molecular formula is C17H15NO4. The number of hydrogen-bond acceptors (Lipinski definition) is 5. The SMILES string of the molecule is CC(=O)COc1c(C2C=CC=CC2)c2cccnc2oc1=O. The summed E-state index contributed by atoms with van der Waals surface area (Å²) in [5.41, 5.74) is 0.396. The van der Waals surface area contributed by atoms with Crippen LogP contribution >= 0.6 is 0 Å². The number of rotatable bonds is 4.